The third-order valence-electron chi connectivity index (χ3n) is 3.90. The van der Waals surface area contributed by atoms with E-state index in [9.17, 15) is 4.39 Å². The maximum atomic E-state index is 13.8. The fourth-order valence-electron chi connectivity index (χ4n) is 2.96. The van der Waals surface area contributed by atoms with Crippen LogP contribution in [-0.2, 0) is 0 Å². The largest absolute Gasteiger partial charge is 0.367 e. The van der Waals surface area contributed by atoms with Crippen molar-refractivity contribution in [3.05, 3.63) is 30.1 Å². The molecule has 3 rings (SSSR count). The van der Waals surface area contributed by atoms with E-state index in [0.29, 0.717) is 12.0 Å². The second kappa shape index (κ2) is 4.88. The molecule has 0 bridgehead atoms. The highest BCUT2D eigenvalue weighted by Gasteiger charge is 2.30. The van der Waals surface area contributed by atoms with E-state index in [1.54, 1.807) is 12.1 Å². The molecule has 2 unspecified atom stereocenters. The van der Waals surface area contributed by atoms with E-state index in [-0.39, 0.29) is 5.82 Å². The Balaban J connectivity index is 1.72. The van der Waals surface area contributed by atoms with Gasteiger partial charge in [0.05, 0.1) is 5.69 Å². The van der Waals surface area contributed by atoms with E-state index >= 15 is 0 Å². The number of hydrogen-bond acceptors (Lipinski definition) is 2. The molecule has 0 spiro atoms. The van der Waals surface area contributed by atoms with E-state index in [1.807, 2.05) is 12.1 Å². The number of benzene rings is 1. The molecule has 1 aliphatic heterocycles. The minimum absolute atomic E-state index is 0.100. The Kier molecular flexibility index (Phi) is 3.25. The molecule has 0 radical (unpaired) electrons. The summed E-state index contributed by atoms with van der Waals surface area (Å²) < 4.78 is 13.8. The summed E-state index contributed by atoms with van der Waals surface area (Å²) in [7, 11) is 0. The number of piperidine rings is 1. The van der Waals surface area contributed by atoms with Gasteiger partial charge in [0.15, 0.2) is 0 Å². The van der Waals surface area contributed by atoms with Gasteiger partial charge >= 0.3 is 0 Å². The van der Waals surface area contributed by atoms with Crippen molar-refractivity contribution in [2.45, 2.75) is 38.3 Å². The molecule has 2 fully saturated rings. The number of nitrogens with zero attached hydrogens (tertiary/aromatic N) is 1. The second-order valence-electron chi connectivity index (χ2n) is 5.84. The smallest absolute Gasteiger partial charge is 0.146 e. The molecule has 1 aliphatic carbocycles. The van der Waals surface area contributed by atoms with E-state index < -0.39 is 0 Å². The molecule has 1 aromatic carbocycles. The summed E-state index contributed by atoms with van der Waals surface area (Å²) in [4.78, 5) is 2.20. The number of rotatable bonds is 3. The molecule has 2 nitrogen and oxygen atoms in total. The first-order chi connectivity index (χ1) is 8.72. The zero-order valence-electron chi connectivity index (χ0n) is 10.9. The van der Waals surface area contributed by atoms with Gasteiger partial charge in [-0.3, -0.25) is 0 Å². The van der Waals surface area contributed by atoms with Crippen LogP contribution in [0.1, 0.15) is 26.2 Å². The number of anilines is 1. The van der Waals surface area contributed by atoms with Crippen LogP contribution in [0.5, 0.6) is 0 Å². The fourth-order valence-corrected chi connectivity index (χ4v) is 2.96. The van der Waals surface area contributed by atoms with Crippen molar-refractivity contribution in [3.8, 4) is 0 Å². The van der Waals surface area contributed by atoms with Crippen LogP contribution in [-0.4, -0.2) is 25.2 Å². The van der Waals surface area contributed by atoms with Crippen LogP contribution in [0.25, 0.3) is 0 Å². The SMILES string of the molecule is CC1CC(NC2CC2)CN(c2ccccc2F)C1. The average Bonchev–Trinajstić information content (AvgIpc) is 3.12. The number of hydrogen-bond donors (Lipinski definition) is 1. The van der Waals surface area contributed by atoms with Crippen molar-refractivity contribution in [1.29, 1.82) is 0 Å². The number of para-hydroxylation sites is 1. The highest BCUT2D eigenvalue weighted by molar-refractivity contribution is 5.48. The van der Waals surface area contributed by atoms with Crippen molar-refractivity contribution in [3.63, 3.8) is 0 Å². The summed E-state index contributed by atoms with van der Waals surface area (Å²) in [5, 5.41) is 3.68. The Morgan fingerprint density at radius 3 is 2.67 bits per heavy atom. The van der Waals surface area contributed by atoms with Gasteiger partial charge in [0.1, 0.15) is 5.82 Å². The van der Waals surface area contributed by atoms with Crippen molar-refractivity contribution < 1.29 is 4.39 Å². The van der Waals surface area contributed by atoms with Gasteiger partial charge in [0.25, 0.3) is 0 Å². The van der Waals surface area contributed by atoms with E-state index in [1.165, 1.54) is 19.3 Å². The Hall–Kier alpha value is -1.09. The molecular weight excluding hydrogens is 227 g/mol. The van der Waals surface area contributed by atoms with Crippen LogP contribution in [0.3, 0.4) is 0 Å². The lowest BCUT2D eigenvalue weighted by atomic mass is 9.95. The number of halogens is 1. The fraction of sp³-hybridized carbons (Fsp3) is 0.600. The van der Waals surface area contributed by atoms with Crippen molar-refractivity contribution in [2.75, 3.05) is 18.0 Å². The zero-order chi connectivity index (χ0) is 12.5. The highest BCUT2D eigenvalue weighted by atomic mass is 19.1. The average molecular weight is 248 g/mol. The van der Waals surface area contributed by atoms with E-state index in [2.05, 4.69) is 17.1 Å². The van der Waals surface area contributed by atoms with Crippen LogP contribution in [0.2, 0.25) is 0 Å². The van der Waals surface area contributed by atoms with Gasteiger partial charge in [0, 0.05) is 25.2 Å². The minimum atomic E-state index is -0.100. The Morgan fingerprint density at radius 2 is 1.94 bits per heavy atom. The van der Waals surface area contributed by atoms with Crippen LogP contribution in [0.4, 0.5) is 10.1 Å². The molecule has 3 heteroatoms. The molecule has 2 atom stereocenters. The maximum Gasteiger partial charge on any atom is 0.146 e. The van der Waals surface area contributed by atoms with Gasteiger partial charge in [0.2, 0.25) is 0 Å². The quantitative estimate of drug-likeness (QED) is 0.885. The van der Waals surface area contributed by atoms with Crippen LogP contribution in [0.15, 0.2) is 24.3 Å². The molecule has 0 amide bonds. The Bertz CT molecular complexity index is 415. The first-order valence-corrected chi connectivity index (χ1v) is 6.98. The van der Waals surface area contributed by atoms with Crippen molar-refractivity contribution in [2.24, 2.45) is 5.92 Å². The van der Waals surface area contributed by atoms with Crippen molar-refractivity contribution in [1.82, 2.24) is 5.32 Å². The van der Waals surface area contributed by atoms with Gasteiger partial charge in [-0.1, -0.05) is 19.1 Å². The minimum Gasteiger partial charge on any atom is -0.367 e. The third-order valence-corrected chi connectivity index (χ3v) is 3.90. The lowest BCUT2D eigenvalue weighted by molar-refractivity contribution is 0.347. The lowest BCUT2D eigenvalue weighted by Crippen LogP contribution is -2.49. The first kappa shape index (κ1) is 12.0. The summed E-state index contributed by atoms with van der Waals surface area (Å²) in [6.45, 7) is 4.15. The lowest BCUT2D eigenvalue weighted by Gasteiger charge is -2.38. The van der Waals surface area contributed by atoms with E-state index in [4.69, 9.17) is 0 Å². The van der Waals surface area contributed by atoms with Crippen LogP contribution in [0, 0.1) is 11.7 Å². The molecule has 1 saturated heterocycles. The predicted molar refractivity (Wildman–Crippen MR) is 72.3 cm³/mol. The second-order valence-corrected chi connectivity index (χ2v) is 5.84. The molecule has 1 saturated carbocycles. The summed E-state index contributed by atoms with van der Waals surface area (Å²) >= 11 is 0. The summed E-state index contributed by atoms with van der Waals surface area (Å²) in [5.74, 6) is 0.520. The first-order valence-electron chi connectivity index (χ1n) is 6.98. The summed E-state index contributed by atoms with van der Waals surface area (Å²) in [5.41, 5.74) is 0.756. The van der Waals surface area contributed by atoms with Crippen LogP contribution < -0.4 is 10.2 Å². The van der Waals surface area contributed by atoms with Crippen molar-refractivity contribution >= 4 is 5.69 Å². The summed E-state index contributed by atoms with van der Waals surface area (Å²) in [6.07, 6.45) is 3.83. The molecule has 0 aromatic heterocycles. The predicted octanol–water partition coefficient (Wildman–Crippen LogP) is 2.79. The van der Waals surface area contributed by atoms with Gasteiger partial charge < -0.3 is 10.2 Å². The topological polar surface area (TPSA) is 15.3 Å². The Morgan fingerprint density at radius 1 is 1.17 bits per heavy atom. The van der Waals surface area contributed by atoms with Gasteiger partial charge in [-0.25, -0.2) is 4.39 Å². The third kappa shape index (κ3) is 2.66. The molecule has 2 aliphatic rings. The Labute approximate surface area is 108 Å². The monoisotopic (exact) mass is 248 g/mol. The van der Waals surface area contributed by atoms with Crippen LogP contribution >= 0.6 is 0 Å². The molecule has 1 N–H and O–H groups in total. The summed E-state index contributed by atoms with van der Waals surface area (Å²) in [6, 6.07) is 8.36. The molecular formula is C15H21FN2. The molecule has 98 valence electrons. The zero-order valence-corrected chi connectivity index (χ0v) is 10.9. The molecule has 1 aromatic rings. The number of nitrogens with one attached hydrogen (secondary N) is 1. The van der Waals surface area contributed by atoms with E-state index in [0.717, 1.165) is 24.8 Å². The normalized spacial score (nSPS) is 28.4. The van der Waals surface area contributed by atoms with Gasteiger partial charge in [-0.15, -0.1) is 0 Å². The molecule has 1 heterocycles. The molecule has 18 heavy (non-hydrogen) atoms. The van der Waals surface area contributed by atoms with Gasteiger partial charge in [-0.2, -0.15) is 0 Å². The standard InChI is InChI=1S/C15H21FN2/c1-11-8-13(17-12-6-7-12)10-18(9-11)15-5-3-2-4-14(15)16/h2-5,11-13,17H,6-10H2,1H3. The highest BCUT2D eigenvalue weighted by Crippen LogP contribution is 2.27. The van der Waals surface area contributed by atoms with Gasteiger partial charge in [-0.05, 0) is 37.3 Å². The maximum absolute atomic E-state index is 13.8.